The first kappa shape index (κ1) is 12.0. The molecule has 2 aromatic rings. The molecule has 0 atom stereocenters. The number of rotatable bonds is 1. The number of hydrogen-bond donors (Lipinski definition) is 0. The summed E-state index contributed by atoms with van der Waals surface area (Å²) in [6, 6.07) is 7.20. The number of amides is 2. The highest BCUT2D eigenvalue weighted by Crippen LogP contribution is 2.30. The molecule has 0 fully saturated rings. The maximum absolute atomic E-state index is 13.9. The van der Waals surface area contributed by atoms with E-state index in [1.165, 1.54) is 24.4 Å². The predicted molar refractivity (Wildman–Crippen MR) is 69.5 cm³/mol. The Morgan fingerprint density at radius 3 is 2.63 bits per heavy atom. The van der Waals surface area contributed by atoms with Gasteiger partial charge in [-0.1, -0.05) is 15.9 Å². The van der Waals surface area contributed by atoms with Gasteiger partial charge in [0.1, 0.15) is 11.5 Å². The maximum Gasteiger partial charge on any atom is 0.284 e. The lowest BCUT2D eigenvalue weighted by molar-refractivity contribution is 0.0923. The van der Waals surface area contributed by atoms with E-state index in [0.29, 0.717) is 4.47 Å². The molecule has 1 aliphatic rings. The SMILES string of the molecule is O=C1c2cccnc2C(=O)N1c1ccc(Br)cc1F. The molecule has 0 saturated carbocycles. The number of imide groups is 1. The summed E-state index contributed by atoms with van der Waals surface area (Å²) in [4.78, 5) is 28.9. The fourth-order valence-corrected chi connectivity index (χ4v) is 2.28. The number of benzene rings is 1. The number of halogens is 2. The van der Waals surface area contributed by atoms with Crippen molar-refractivity contribution in [2.75, 3.05) is 4.90 Å². The summed E-state index contributed by atoms with van der Waals surface area (Å²) >= 11 is 3.12. The Balaban J connectivity index is 2.14. The van der Waals surface area contributed by atoms with Gasteiger partial charge < -0.3 is 0 Å². The molecule has 0 aliphatic carbocycles. The van der Waals surface area contributed by atoms with Crippen molar-refractivity contribution in [3.63, 3.8) is 0 Å². The largest absolute Gasteiger partial charge is 0.284 e. The molecule has 0 radical (unpaired) electrons. The molecule has 3 rings (SSSR count). The quantitative estimate of drug-likeness (QED) is 0.759. The van der Waals surface area contributed by atoms with E-state index in [-0.39, 0.29) is 16.9 Å². The summed E-state index contributed by atoms with van der Waals surface area (Å²) < 4.78 is 14.4. The van der Waals surface area contributed by atoms with Crippen LogP contribution in [0.5, 0.6) is 0 Å². The molecule has 0 saturated heterocycles. The molecular weight excluding hydrogens is 315 g/mol. The van der Waals surface area contributed by atoms with Crippen LogP contribution < -0.4 is 4.90 Å². The fraction of sp³-hybridized carbons (Fsp3) is 0. The molecule has 2 heterocycles. The van der Waals surface area contributed by atoms with E-state index >= 15 is 0 Å². The van der Waals surface area contributed by atoms with Crippen LogP contribution in [0.25, 0.3) is 0 Å². The second-order valence-corrected chi connectivity index (χ2v) is 4.86. The number of pyridine rings is 1. The lowest BCUT2D eigenvalue weighted by Crippen LogP contribution is -2.30. The topological polar surface area (TPSA) is 50.3 Å². The molecule has 0 unspecified atom stereocenters. The number of nitrogens with zero attached hydrogens (tertiary/aromatic N) is 2. The third kappa shape index (κ3) is 1.76. The average molecular weight is 321 g/mol. The van der Waals surface area contributed by atoms with Crippen LogP contribution >= 0.6 is 15.9 Å². The van der Waals surface area contributed by atoms with E-state index < -0.39 is 17.6 Å². The molecule has 1 aromatic heterocycles. The van der Waals surface area contributed by atoms with Crippen molar-refractivity contribution >= 4 is 33.4 Å². The van der Waals surface area contributed by atoms with Crippen LogP contribution in [0.2, 0.25) is 0 Å². The third-order valence-electron chi connectivity index (χ3n) is 2.80. The monoisotopic (exact) mass is 320 g/mol. The Kier molecular flexibility index (Phi) is 2.67. The van der Waals surface area contributed by atoms with Crippen molar-refractivity contribution in [1.82, 2.24) is 4.98 Å². The van der Waals surface area contributed by atoms with Crippen LogP contribution in [0, 0.1) is 5.82 Å². The van der Waals surface area contributed by atoms with Gasteiger partial charge in [0.05, 0.1) is 11.3 Å². The summed E-state index contributed by atoms with van der Waals surface area (Å²) in [5, 5.41) is 0. The van der Waals surface area contributed by atoms with Gasteiger partial charge in [0.2, 0.25) is 0 Å². The lowest BCUT2D eigenvalue weighted by atomic mass is 10.2. The van der Waals surface area contributed by atoms with Gasteiger partial charge in [0.25, 0.3) is 11.8 Å². The molecule has 0 spiro atoms. The van der Waals surface area contributed by atoms with Crippen molar-refractivity contribution in [1.29, 1.82) is 0 Å². The van der Waals surface area contributed by atoms with Crippen molar-refractivity contribution in [2.24, 2.45) is 0 Å². The molecule has 0 N–H and O–H groups in total. The van der Waals surface area contributed by atoms with Gasteiger partial charge in [0.15, 0.2) is 0 Å². The molecule has 1 aromatic carbocycles. The van der Waals surface area contributed by atoms with E-state index in [1.807, 2.05) is 0 Å². The first-order chi connectivity index (χ1) is 9.09. The highest BCUT2D eigenvalue weighted by atomic mass is 79.9. The summed E-state index contributed by atoms with van der Waals surface area (Å²) in [6.07, 6.45) is 1.42. The Bertz CT molecular complexity index is 683. The van der Waals surface area contributed by atoms with E-state index in [4.69, 9.17) is 0 Å². The number of carbonyl (C=O) groups is 2. The Morgan fingerprint density at radius 2 is 1.95 bits per heavy atom. The van der Waals surface area contributed by atoms with Gasteiger partial charge in [-0.05, 0) is 30.3 Å². The van der Waals surface area contributed by atoms with Crippen molar-refractivity contribution in [2.45, 2.75) is 0 Å². The minimum absolute atomic E-state index is 0.0508. The Hall–Kier alpha value is -2.08. The molecule has 0 bridgehead atoms. The van der Waals surface area contributed by atoms with E-state index in [2.05, 4.69) is 20.9 Å². The Labute approximate surface area is 116 Å². The zero-order valence-corrected chi connectivity index (χ0v) is 11.0. The molecule has 6 heteroatoms. The molecule has 1 aliphatic heterocycles. The van der Waals surface area contributed by atoms with Gasteiger partial charge in [-0.3, -0.25) is 14.6 Å². The molecule has 94 valence electrons. The fourth-order valence-electron chi connectivity index (χ4n) is 1.95. The minimum atomic E-state index is -0.649. The smallest absolute Gasteiger partial charge is 0.268 e. The van der Waals surface area contributed by atoms with Gasteiger partial charge in [0, 0.05) is 10.7 Å². The van der Waals surface area contributed by atoms with E-state index in [1.54, 1.807) is 12.1 Å². The van der Waals surface area contributed by atoms with Crippen molar-refractivity contribution in [3.05, 3.63) is 58.1 Å². The second-order valence-electron chi connectivity index (χ2n) is 3.94. The Morgan fingerprint density at radius 1 is 1.16 bits per heavy atom. The summed E-state index contributed by atoms with van der Waals surface area (Å²) in [5.41, 5.74) is 0.167. The van der Waals surface area contributed by atoms with Gasteiger partial charge in [-0.2, -0.15) is 0 Å². The van der Waals surface area contributed by atoms with Crippen molar-refractivity contribution in [3.8, 4) is 0 Å². The van der Waals surface area contributed by atoms with Crippen LogP contribution in [0.15, 0.2) is 41.0 Å². The minimum Gasteiger partial charge on any atom is -0.268 e. The van der Waals surface area contributed by atoms with Crippen LogP contribution in [0.4, 0.5) is 10.1 Å². The first-order valence-electron chi connectivity index (χ1n) is 5.38. The summed E-state index contributed by atoms with van der Waals surface area (Å²) in [7, 11) is 0. The molecule has 2 amide bonds. The molecule has 4 nitrogen and oxygen atoms in total. The predicted octanol–water partition coefficient (Wildman–Crippen LogP) is 2.78. The van der Waals surface area contributed by atoms with Crippen LogP contribution in [0.1, 0.15) is 20.8 Å². The lowest BCUT2D eigenvalue weighted by Gasteiger charge is -2.14. The van der Waals surface area contributed by atoms with Crippen molar-refractivity contribution < 1.29 is 14.0 Å². The zero-order chi connectivity index (χ0) is 13.6. The molecular formula is C13H6BrFN2O2. The number of hydrogen-bond acceptors (Lipinski definition) is 3. The van der Waals surface area contributed by atoms with E-state index in [0.717, 1.165) is 4.90 Å². The number of fused-ring (bicyclic) bond motifs is 1. The standard InChI is InChI=1S/C13H6BrFN2O2/c14-7-3-4-10(9(15)6-7)17-12(18)8-2-1-5-16-11(8)13(17)19/h1-6H. The van der Waals surface area contributed by atoms with Crippen LogP contribution in [-0.4, -0.2) is 16.8 Å². The highest BCUT2D eigenvalue weighted by Gasteiger charge is 2.38. The summed E-state index contributed by atoms with van der Waals surface area (Å²) in [5.74, 6) is -1.82. The first-order valence-corrected chi connectivity index (χ1v) is 6.18. The van der Waals surface area contributed by atoms with E-state index in [9.17, 15) is 14.0 Å². The zero-order valence-electron chi connectivity index (χ0n) is 9.43. The number of aromatic nitrogens is 1. The second kappa shape index (κ2) is 4.24. The van der Waals surface area contributed by atoms with Crippen LogP contribution in [-0.2, 0) is 0 Å². The van der Waals surface area contributed by atoms with Crippen LogP contribution in [0.3, 0.4) is 0 Å². The summed E-state index contributed by atoms with van der Waals surface area (Å²) in [6.45, 7) is 0. The van der Waals surface area contributed by atoms with Gasteiger partial charge in [-0.15, -0.1) is 0 Å². The van der Waals surface area contributed by atoms with Gasteiger partial charge in [-0.25, -0.2) is 9.29 Å². The maximum atomic E-state index is 13.9. The third-order valence-corrected chi connectivity index (χ3v) is 3.29. The highest BCUT2D eigenvalue weighted by molar-refractivity contribution is 9.10. The van der Waals surface area contributed by atoms with Gasteiger partial charge >= 0.3 is 0 Å². The molecule has 19 heavy (non-hydrogen) atoms. The number of carbonyl (C=O) groups excluding carboxylic acids is 2. The average Bonchev–Trinajstić information content (AvgIpc) is 2.64. The number of anilines is 1. The normalized spacial score (nSPS) is 13.9.